The third-order valence-corrected chi connectivity index (χ3v) is 5.27. The van der Waals surface area contributed by atoms with E-state index in [-0.39, 0.29) is 6.61 Å². The summed E-state index contributed by atoms with van der Waals surface area (Å²) in [6, 6.07) is 17.0. The van der Waals surface area contributed by atoms with Gasteiger partial charge in [0.05, 0.1) is 12.6 Å². The van der Waals surface area contributed by atoms with E-state index in [2.05, 4.69) is 10.6 Å². The molecule has 0 aliphatic carbocycles. The Bertz CT molecular complexity index is 941. The molecule has 0 spiro atoms. The minimum atomic E-state index is -0.862. The molecule has 3 atom stereocenters. The lowest BCUT2D eigenvalue weighted by Gasteiger charge is -2.27. The number of amides is 1. The predicted octanol–water partition coefficient (Wildman–Crippen LogP) is 3.60. The van der Waals surface area contributed by atoms with Gasteiger partial charge in [0.25, 0.3) is 0 Å². The van der Waals surface area contributed by atoms with E-state index in [0.29, 0.717) is 19.3 Å². The Balaban J connectivity index is 2.08. The second kappa shape index (κ2) is 13.6. The fraction of sp³-hybridized carbons (Fsp3) is 0.464. The minimum absolute atomic E-state index is 0.251. The van der Waals surface area contributed by atoms with Crippen LogP contribution in [-0.4, -0.2) is 48.2 Å². The van der Waals surface area contributed by atoms with E-state index in [0.717, 1.165) is 11.1 Å². The summed E-state index contributed by atoms with van der Waals surface area (Å²) in [4.78, 5) is 38.5. The molecule has 0 heterocycles. The van der Waals surface area contributed by atoms with Gasteiger partial charge >= 0.3 is 11.9 Å². The van der Waals surface area contributed by atoms with Crippen molar-refractivity contribution < 1.29 is 23.9 Å². The van der Waals surface area contributed by atoms with Crippen molar-refractivity contribution in [3.63, 3.8) is 0 Å². The zero-order valence-corrected chi connectivity index (χ0v) is 21.4. The maximum atomic E-state index is 13.1. The average Bonchev–Trinajstić information content (AvgIpc) is 2.81. The first-order valence-corrected chi connectivity index (χ1v) is 12.1. The number of carbonyl (C=O) groups is 3. The molecule has 190 valence electrons. The first-order valence-electron chi connectivity index (χ1n) is 12.1. The quantitative estimate of drug-likeness (QED) is 0.449. The molecular formula is C28H38N2O5. The number of carbonyl (C=O) groups excluding carboxylic acids is 3. The molecule has 1 amide bonds. The van der Waals surface area contributed by atoms with Gasteiger partial charge < -0.3 is 14.8 Å². The van der Waals surface area contributed by atoms with Crippen LogP contribution in [0.1, 0.15) is 52.2 Å². The number of hydrogen-bond donors (Lipinski definition) is 2. The van der Waals surface area contributed by atoms with Crippen molar-refractivity contribution in [3.8, 4) is 0 Å². The number of rotatable bonds is 12. The molecule has 0 saturated carbocycles. The highest BCUT2D eigenvalue weighted by Crippen LogP contribution is 2.12. The summed E-state index contributed by atoms with van der Waals surface area (Å²) in [6.45, 7) is 9.02. The Morgan fingerprint density at radius 3 is 1.97 bits per heavy atom. The minimum Gasteiger partial charge on any atom is -0.465 e. The number of nitrogens with one attached hydrogen (secondary N) is 2. The Kier molecular flexibility index (Phi) is 10.9. The molecule has 7 heteroatoms. The highest BCUT2D eigenvalue weighted by molar-refractivity contribution is 5.88. The molecule has 3 unspecified atom stereocenters. The van der Waals surface area contributed by atoms with E-state index in [9.17, 15) is 14.4 Å². The van der Waals surface area contributed by atoms with Crippen LogP contribution in [0.2, 0.25) is 0 Å². The summed E-state index contributed by atoms with van der Waals surface area (Å²) >= 11 is 0. The van der Waals surface area contributed by atoms with Gasteiger partial charge in [-0.3, -0.25) is 14.9 Å². The lowest BCUT2D eigenvalue weighted by molar-refractivity contribution is -0.159. The van der Waals surface area contributed by atoms with Gasteiger partial charge in [-0.2, -0.15) is 0 Å². The van der Waals surface area contributed by atoms with Crippen LogP contribution in [-0.2, 0) is 36.7 Å². The second-order valence-electron chi connectivity index (χ2n) is 9.50. The average molecular weight is 483 g/mol. The summed E-state index contributed by atoms with van der Waals surface area (Å²) in [7, 11) is 0. The third-order valence-electron chi connectivity index (χ3n) is 5.27. The van der Waals surface area contributed by atoms with Gasteiger partial charge in [-0.15, -0.1) is 0 Å². The zero-order chi connectivity index (χ0) is 25.8. The van der Waals surface area contributed by atoms with Crippen LogP contribution in [0, 0.1) is 0 Å². The zero-order valence-electron chi connectivity index (χ0n) is 21.4. The molecule has 0 aliphatic heterocycles. The van der Waals surface area contributed by atoms with Crippen LogP contribution in [0.3, 0.4) is 0 Å². The third kappa shape index (κ3) is 10.3. The van der Waals surface area contributed by atoms with Crippen LogP contribution in [0.4, 0.5) is 0 Å². The first-order chi connectivity index (χ1) is 16.6. The molecule has 2 aromatic rings. The lowest BCUT2D eigenvalue weighted by atomic mass is 10.0. The molecule has 2 rings (SSSR count). The summed E-state index contributed by atoms with van der Waals surface area (Å²) in [6.07, 6.45) is 1.42. The van der Waals surface area contributed by atoms with E-state index in [1.165, 1.54) is 0 Å². The maximum Gasteiger partial charge on any atom is 0.329 e. The van der Waals surface area contributed by atoms with Crippen molar-refractivity contribution in [2.75, 3.05) is 6.61 Å². The summed E-state index contributed by atoms with van der Waals surface area (Å²) in [5, 5.41) is 5.90. The van der Waals surface area contributed by atoms with Crippen molar-refractivity contribution in [1.82, 2.24) is 10.6 Å². The highest BCUT2D eigenvalue weighted by atomic mass is 16.6. The fourth-order valence-electron chi connectivity index (χ4n) is 3.56. The summed E-state index contributed by atoms with van der Waals surface area (Å²) < 4.78 is 10.8. The SMILES string of the molecule is CCOC(=O)C(CCc1ccccc1)NC(C)C(=O)NC(Cc1ccccc1)C(=O)OC(C)(C)C. The molecule has 0 radical (unpaired) electrons. The maximum absolute atomic E-state index is 13.1. The summed E-state index contributed by atoms with van der Waals surface area (Å²) in [5.41, 5.74) is 1.30. The Hall–Kier alpha value is -3.19. The molecule has 7 nitrogen and oxygen atoms in total. The lowest BCUT2D eigenvalue weighted by Crippen LogP contribution is -2.54. The normalized spacial score (nSPS) is 13.9. The van der Waals surface area contributed by atoms with Gasteiger partial charge in [0.2, 0.25) is 5.91 Å². The monoisotopic (exact) mass is 482 g/mol. The number of benzene rings is 2. The van der Waals surface area contributed by atoms with Crippen molar-refractivity contribution in [2.24, 2.45) is 0 Å². The van der Waals surface area contributed by atoms with Crippen LogP contribution in [0.15, 0.2) is 60.7 Å². The molecular weight excluding hydrogens is 444 g/mol. The molecule has 0 fully saturated rings. The number of hydrogen-bond acceptors (Lipinski definition) is 6. The van der Waals surface area contributed by atoms with Gasteiger partial charge in [-0.05, 0) is 58.6 Å². The predicted molar refractivity (Wildman–Crippen MR) is 136 cm³/mol. The van der Waals surface area contributed by atoms with Crippen LogP contribution in [0.5, 0.6) is 0 Å². The van der Waals surface area contributed by atoms with E-state index in [4.69, 9.17) is 9.47 Å². The van der Waals surface area contributed by atoms with Gasteiger partial charge in [0.1, 0.15) is 17.7 Å². The molecule has 0 aromatic heterocycles. The molecule has 2 aromatic carbocycles. The second-order valence-corrected chi connectivity index (χ2v) is 9.50. The van der Waals surface area contributed by atoms with E-state index in [1.807, 2.05) is 60.7 Å². The van der Waals surface area contributed by atoms with Gasteiger partial charge in [-0.1, -0.05) is 60.7 Å². The Morgan fingerprint density at radius 1 is 0.857 bits per heavy atom. The van der Waals surface area contributed by atoms with Gasteiger partial charge in [0, 0.05) is 6.42 Å². The number of ether oxygens (including phenoxy) is 2. The van der Waals surface area contributed by atoms with Crippen molar-refractivity contribution >= 4 is 17.8 Å². The smallest absolute Gasteiger partial charge is 0.329 e. The van der Waals surface area contributed by atoms with E-state index in [1.54, 1.807) is 34.6 Å². The summed E-state index contributed by atoms with van der Waals surface area (Å²) in [5.74, 6) is -1.31. The molecule has 2 N–H and O–H groups in total. The highest BCUT2D eigenvalue weighted by Gasteiger charge is 2.30. The van der Waals surface area contributed by atoms with Crippen LogP contribution < -0.4 is 10.6 Å². The molecule has 35 heavy (non-hydrogen) atoms. The fourth-order valence-corrected chi connectivity index (χ4v) is 3.56. The van der Waals surface area contributed by atoms with Crippen molar-refractivity contribution in [2.45, 2.75) is 77.6 Å². The van der Waals surface area contributed by atoms with Gasteiger partial charge in [0.15, 0.2) is 0 Å². The van der Waals surface area contributed by atoms with Crippen molar-refractivity contribution in [1.29, 1.82) is 0 Å². The largest absolute Gasteiger partial charge is 0.465 e. The molecule has 0 bridgehead atoms. The Labute approximate surface area is 208 Å². The topological polar surface area (TPSA) is 93.7 Å². The van der Waals surface area contributed by atoms with Crippen LogP contribution in [0.25, 0.3) is 0 Å². The number of aryl methyl sites for hydroxylation is 1. The van der Waals surface area contributed by atoms with Crippen molar-refractivity contribution in [3.05, 3.63) is 71.8 Å². The van der Waals surface area contributed by atoms with E-state index >= 15 is 0 Å². The number of esters is 2. The van der Waals surface area contributed by atoms with E-state index < -0.39 is 41.6 Å². The Morgan fingerprint density at radius 2 is 1.43 bits per heavy atom. The standard InChI is InChI=1S/C28H38N2O5/c1-6-34-26(32)23(18-17-21-13-9-7-10-14-21)29-20(2)25(31)30-24(27(33)35-28(3,4)5)19-22-15-11-8-12-16-22/h7-16,20,23-24,29H,6,17-19H2,1-5H3,(H,30,31). The molecule has 0 aliphatic rings. The van der Waals surface area contributed by atoms with Gasteiger partial charge in [-0.25, -0.2) is 4.79 Å². The first kappa shape index (κ1) is 28.1. The molecule has 0 saturated heterocycles. The van der Waals surface area contributed by atoms with Crippen LogP contribution >= 0.6 is 0 Å².